The minimum absolute atomic E-state index is 0.00706. The highest BCUT2D eigenvalue weighted by atomic mass is 19.1. The Kier molecular flexibility index (Phi) is 5.98. The predicted molar refractivity (Wildman–Crippen MR) is 126 cm³/mol. The van der Waals surface area contributed by atoms with Crippen molar-refractivity contribution < 1.29 is 18.0 Å². The fraction of sp³-hybridized carbons (Fsp3) is 0.348. The number of hydrazone groups is 1. The molecule has 0 bridgehead atoms. The third-order valence-electron chi connectivity index (χ3n) is 6.39. The number of nitrogen functional groups attached to an aromatic ring is 1. The van der Waals surface area contributed by atoms with Crippen molar-refractivity contribution in [2.24, 2.45) is 5.10 Å². The van der Waals surface area contributed by atoms with E-state index in [4.69, 9.17) is 5.73 Å². The lowest BCUT2D eigenvalue weighted by Crippen LogP contribution is -2.52. The molecule has 2 aliphatic rings. The van der Waals surface area contributed by atoms with Crippen LogP contribution >= 0.6 is 0 Å². The molecule has 2 N–H and O–H groups in total. The van der Waals surface area contributed by atoms with Gasteiger partial charge in [-0.1, -0.05) is 0 Å². The van der Waals surface area contributed by atoms with Crippen molar-refractivity contribution in [1.29, 1.82) is 0 Å². The molecule has 1 saturated heterocycles. The van der Waals surface area contributed by atoms with Crippen molar-refractivity contribution in [3.05, 3.63) is 58.8 Å². The summed E-state index contributed by atoms with van der Waals surface area (Å²) in [7, 11) is 0. The Bertz CT molecular complexity index is 1330. The smallest absolute Gasteiger partial charge is 0.341 e. The number of rotatable bonds is 3. The Balaban J connectivity index is 1.29. The number of benzene rings is 1. The molecule has 10 nitrogen and oxygen atoms in total. The average Bonchev–Trinajstić information content (AvgIpc) is 3.45. The number of urea groups is 1. The topological polar surface area (TPSA) is 109 Å². The van der Waals surface area contributed by atoms with E-state index in [1.807, 2.05) is 4.90 Å². The van der Waals surface area contributed by atoms with Gasteiger partial charge in [0.25, 0.3) is 0 Å². The number of carbonyl (C=O) groups excluding carboxylic acids is 1. The molecule has 0 radical (unpaired) electrons. The van der Waals surface area contributed by atoms with Gasteiger partial charge in [-0.15, -0.1) is 0 Å². The number of nitrogens with two attached hydrogens (primary N) is 1. The van der Waals surface area contributed by atoms with Crippen LogP contribution in [0.3, 0.4) is 0 Å². The summed E-state index contributed by atoms with van der Waals surface area (Å²) in [6, 6.07) is 2.26. The van der Waals surface area contributed by atoms with Crippen LogP contribution in [0.4, 0.5) is 29.6 Å². The Morgan fingerprint density at radius 2 is 1.75 bits per heavy atom. The number of piperazine rings is 1. The van der Waals surface area contributed by atoms with Gasteiger partial charge in [0.05, 0.1) is 29.3 Å². The second kappa shape index (κ2) is 9.13. The van der Waals surface area contributed by atoms with Crippen LogP contribution in [0.2, 0.25) is 0 Å². The van der Waals surface area contributed by atoms with Crippen molar-refractivity contribution in [2.75, 3.05) is 36.8 Å². The lowest BCUT2D eigenvalue weighted by Gasteiger charge is -2.37. The molecule has 36 heavy (non-hydrogen) atoms. The number of aromatic nitrogens is 4. The number of hydrogen-bond donors (Lipinski definition) is 1. The van der Waals surface area contributed by atoms with Gasteiger partial charge in [-0.25, -0.2) is 32.6 Å². The maximum atomic E-state index is 14.5. The van der Waals surface area contributed by atoms with Crippen LogP contribution in [0, 0.1) is 31.3 Å². The van der Waals surface area contributed by atoms with Gasteiger partial charge in [0, 0.05) is 44.9 Å². The molecule has 5 rings (SSSR count). The van der Waals surface area contributed by atoms with Crippen molar-refractivity contribution in [3.8, 4) is 5.82 Å². The van der Waals surface area contributed by atoms with Crippen molar-refractivity contribution in [3.63, 3.8) is 0 Å². The van der Waals surface area contributed by atoms with Crippen LogP contribution in [0.25, 0.3) is 5.82 Å². The Morgan fingerprint density at radius 1 is 1.06 bits per heavy atom. The van der Waals surface area contributed by atoms with Gasteiger partial charge < -0.3 is 15.5 Å². The molecule has 1 aromatic carbocycles. The van der Waals surface area contributed by atoms with Gasteiger partial charge in [-0.05, 0) is 31.5 Å². The van der Waals surface area contributed by atoms with E-state index in [9.17, 15) is 18.0 Å². The van der Waals surface area contributed by atoms with Crippen LogP contribution in [0.15, 0.2) is 29.5 Å². The highest BCUT2D eigenvalue weighted by Gasteiger charge is 2.34. The van der Waals surface area contributed by atoms with E-state index in [2.05, 4.69) is 20.2 Å². The molecule has 1 atom stereocenters. The predicted octanol–water partition coefficient (Wildman–Crippen LogP) is 2.95. The minimum Gasteiger partial charge on any atom is -0.396 e. The monoisotopic (exact) mass is 499 g/mol. The van der Waals surface area contributed by atoms with Crippen LogP contribution in [-0.4, -0.2) is 68.1 Å². The standard InChI is InChI=1S/C23H24F3N9O/c1-13-20(27)14(2)34(31-13)21-18(26)12-28-22(30-21)32-5-7-33(8-6-32)23(36)35-19(3-4-29-35)15-9-16(24)11-17(25)10-15/h4,9-12,19H,3,5-8,27H2,1-2H3. The molecule has 0 aliphatic carbocycles. The molecule has 2 amide bonds. The molecule has 2 aromatic heterocycles. The second-order valence-electron chi connectivity index (χ2n) is 8.69. The largest absolute Gasteiger partial charge is 0.396 e. The summed E-state index contributed by atoms with van der Waals surface area (Å²) in [5.41, 5.74) is 7.93. The molecule has 1 fully saturated rings. The lowest BCUT2D eigenvalue weighted by atomic mass is 10.0. The van der Waals surface area contributed by atoms with Gasteiger partial charge in [-0.2, -0.15) is 15.2 Å². The van der Waals surface area contributed by atoms with Crippen LogP contribution in [0.5, 0.6) is 0 Å². The van der Waals surface area contributed by atoms with E-state index < -0.39 is 23.5 Å². The van der Waals surface area contributed by atoms with Gasteiger partial charge in [-0.3, -0.25) is 0 Å². The van der Waals surface area contributed by atoms with Crippen molar-refractivity contribution in [2.45, 2.75) is 26.3 Å². The number of aryl methyl sites for hydroxylation is 1. The van der Waals surface area contributed by atoms with E-state index in [0.29, 0.717) is 61.2 Å². The highest BCUT2D eigenvalue weighted by Crippen LogP contribution is 2.30. The number of amides is 2. The molecule has 0 saturated carbocycles. The summed E-state index contributed by atoms with van der Waals surface area (Å²) in [4.78, 5) is 25.1. The lowest BCUT2D eigenvalue weighted by molar-refractivity contribution is 0.139. The number of anilines is 2. The summed E-state index contributed by atoms with van der Waals surface area (Å²) in [5.74, 6) is -1.76. The SMILES string of the molecule is Cc1nn(-c2nc(N3CCN(C(=O)N4N=CCC4c4cc(F)cc(F)c4)CC3)ncc2F)c(C)c1N. The Labute approximate surface area is 204 Å². The van der Waals surface area contributed by atoms with Gasteiger partial charge in [0.15, 0.2) is 11.6 Å². The maximum Gasteiger partial charge on any atom is 0.341 e. The molecule has 188 valence electrons. The third-order valence-corrected chi connectivity index (χ3v) is 6.39. The molecule has 1 unspecified atom stereocenters. The first-order valence-electron chi connectivity index (χ1n) is 11.4. The van der Waals surface area contributed by atoms with E-state index in [-0.39, 0.29) is 11.8 Å². The van der Waals surface area contributed by atoms with Gasteiger partial charge in [0.2, 0.25) is 5.95 Å². The highest BCUT2D eigenvalue weighted by molar-refractivity contribution is 5.78. The summed E-state index contributed by atoms with van der Waals surface area (Å²) >= 11 is 0. The quantitative estimate of drug-likeness (QED) is 0.594. The molecule has 0 spiro atoms. The van der Waals surface area contributed by atoms with E-state index >= 15 is 0 Å². The van der Waals surface area contributed by atoms with Crippen molar-refractivity contribution in [1.82, 2.24) is 29.7 Å². The number of carbonyl (C=O) groups is 1. The number of hydrogen-bond acceptors (Lipinski definition) is 7. The maximum absolute atomic E-state index is 14.5. The van der Waals surface area contributed by atoms with Crippen LogP contribution in [0.1, 0.15) is 29.4 Å². The van der Waals surface area contributed by atoms with Crippen LogP contribution in [-0.2, 0) is 0 Å². The fourth-order valence-corrected chi connectivity index (χ4v) is 4.40. The summed E-state index contributed by atoms with van der Waals surface area (Å²) in [6.07, 6.45) is 3.00. The normalized spacial score (nSPS) is 17.8. The van der Waals surface area contributed by atoms with Crippen LogP contribution < -0.4 is 10.6 Å². The minimum atomic E-state index is -0.709. The van der Waals surface area contributed by atoms with Crippen molar-refractivity contribution >= 4 is 23.9 Å². The molecular weight excluding hydrogens is 475 g/mol. The first-order valence-corrected chi connectivity index (χ1v) is 11.4. The average molecular weight is 500 g/mol. The van der Waals surface area contributed by atoms with E-state index in [0.717, 1.165) is 12.3 Å². The zero-order valence-electron chi connectivity index (χ0n) is 19.7. The molecule has 4 heterocycles. The zero-order chi connectivity index (χ0) is 25.6. The Morgan fingerprint density at radius 3 is 2.39 bits per heavy atom. The summed E-state index contributed by atoms with van der Waals surface area (Å²) in [6.45, 7) is 4.91. The molecule has 2 aliphatic heterocycles. The number of nitrogens with zero attached hydrogens (tertiary/aromatic N) is 8. The summed E-state index contributed by atoms with van der Waals surface area (Å²) < 4.78 is 43.4. The van der Waals surface area contributed by atoms with Gasteiger partial charge in [0.1, 0.15) is 11.6 Å². The fourth-order valence-electron chi connectivity index (χ4n) is 4.40. The number of halogens is 3. The van der Waals surface area contributed by atoms with Gasteiger partial charge >= 0.3 is 6.03 Å². The zero-order valence-corrected chi connectivity index (χ0v) is 19.7. The second-order valence-corrected chi connectivity index (χ2v) is 8.69. The Hall–Kier alpha value is -4.16. The third kappa shape index (κ3) is 4.20. The molecule has 3 aromatic rings. The molecular formula is C23H24F3N9O. The summed E-state index contributed by atoms with van der Waals surface area (Å²) in [5, 5.41) is 9.68. The van der Waals surface area contributed by atoms with E-state index in [1.54, 1.807) is 25.0 Å². The molecule has 13 heteroatoms. The first-order chi connectivity index (χ1) is 17.2. The first kappa shape index (κ1) is 23.6. The van der Waals surface area contributed by atoms with E-state index in [1.165, 1.54) is 21.8 Å².